The van der Waals surface area contributed by atoms with Crippen molar-refractivity contribution in [3.05, 3.63) is 35.9 Å². The molecule has 0 heterocycles. The van der Waals surface area contributed by atoms with Gasteiger partial charge < -0.3 is 14.9 Å². The number of ether oxygens (including phenoxy) is 1. The predicted molar refractivity (Wildman–Crippen MR) is 68.0 cm³/mol. The van der Waals surface area contributed by atoms with Crippen LogP contribution in [0.4, 0.5) is 0 Å². The van der Waals surface area contributed by atoms with Crippen LogP contribution in [0.2, 0.25) is 0 Å². The summed E-state index contributed by atoms with van der Waals surface area (Å²) in [6.45, 7) is 2.07. The summed E-state index contributed by atoms with van der Waals surface area (Å²) in [6, 6.07) is 9.44. The van der Waals surface area contributed by atoms with Crippen LogP contribution in [0.1, 0.15) is 25.3 Å². The van der Waals surface area contributed by atoms with E-state index in [0.717, 1.165) is 5.56 Å². The lowest BCUT2D eigenvalue weighted by Crippen LogP contribution is -2.28. The maximum absolute atomic E-state index is 11.1. The van der Waals surface area contributed by atoms with E-state index in [4.69, 9.17) is 4.74 Å². The van der Waals surface area contributed by atoms with Crippen molar-refractivity contribution in [3.8, 4) is 0 Å². The molecular weight excluding hydrogens is 232 g/mol. The van der Waals surface area contributed by atoms with Gasteiger partial charge in [-0.3, -0.25) is 4.79 Å². The monoisotopic (exact) mass is 252 g/mol. The SMILES string of the molecule is CCOC(=O)CC[C@@H](O)[C@H](O)Cc1ccccc1. The van der Waals surface area contributed by atoms with Crippen LogP contribution in [0, 0.1) is 0 Å². The lowest BCUT2D eigenvalue weighted by molar-refractivity contribution is -0.144. The van der Waals surface area contributed by atoms with Crippen molar-refractivity contribution in [1.82, 2.24) is 0 Å². The fourth-order valence-electron chi connectivity index (χ4n) is 1.68. The Kier molecular flexibility index (Phi) is 6.39. The van der Waals surface area contributed by atoms with Gasteiger partial charge in [-0.1, -0.05) is 30.3 Å². The van der Waals surface area contributed by atoms with E-state index in [1.807, 2.05) is 30.3 Å². The minimum atomic E-state index is -0.908. The molecule has 18 heavy (non-hydrogen) atoms. The van der Waals surface area contributed by atoms with E-state index in [1.165, 1.54) is 0 Å². The summed E-state index contributed by atoms with van der Waals surface area (Å²) in [5, 5.41) is 19.6. The summed E-state index contributed by atoms with van der Waals surface area (Å²) in [7, 11) is 0. The number of hydrogen-bond donors (Lipinski definition) is 2. The van der Waals surface area contributed by atoms with Gasteiger partial charge in [0.05, 0.1) is 18.8 Å². The molecule has 1 aromatic carbocycles. The Morgan fingerprint density at radius 3 is 2.50 bits per heavy atom. The highest BCUT2D eigenvalue weighted by molar-refractivity contribution is 5.69. The largest absolute Gasteiger partial charge is 0.466 e. The molecule has 0 aliphatic rings. The summed E-state index contributed by atoms with van der Waals surface area (Å²) >= 11 is 0. The van der Waals surface area contributed by atoms with Crippen molar-refractivity contribution in [2.24, 2.45) is 0 Å². The Bertz CT molecular complexity index is 350. The molecule has 4 nitrogen and oxygen atoms in total. The lowest BCUT2D eigenvalue weighted by Gasteiger charge is -2.17. The molecule has 0 bridgehead atoms. The Balaban J connectivity index is 2.33. The summed E-state index contributed by atoms with van der Waals surface area (Å²) in [5.74, 6) is -0.344. The summed E-state index contributed by atoms with van der Waals surface area (Å²) in [4.78, 5) is 11.1. The Hall–Kier alpha value is -1.39. The molecule has 0 spiro atoms. The number of carbonyl (C=O) groups is 1. The first kappa shape index (κ1) is 14.7. The second-order valence-electron chi connectivity index (χ2n) is 4.17. The molecule has 4 heteroatoms. The van der Waals surface area contributed by atoms with E-state index in [-0.39, 0.29) is 18.8 Å². The third-order valence-electron chi connectivity index (χ3n) is 2.68. The minimum absolute atomic E-state index is 0.126. The Labute approximate surface area is 107 Å². The molecule has 0 aliphatic heterocycles. The molecular formula is C14H20O4. The number of hydrogen-bond acceptors (Lipinski definition) is 4. The second-order valence-corrected chi connectivity index (χ2v) is 4.17. The van der Waals surface area contributed by atoms with Crippen molar-refractivity contribution in [2.75, 3.05) is 6.61 Å². The smallest absolute Gasteiger partial charge is 0.305 e. The van der Waals surface area contributed by atoms with E-state index in [0.29, 0.717) is 13.0 Å². The maximum Gasteiger partial charge on any atom is 0.305 e. The highest BCUT2D eigenvalue weighted by Crippen LogP contribution is 2.10. The van der Waals surface area contributed by atoms with Crippen LogP contribution in [-0.4, -0.2) is 35.0 Å². The van der Waals surface area contributed by atoms with Gasteiger partial charge in [-0.25, -0.2) is 0 Å². The third-order valence-corrected chi connectivity index (χ3v) is 2.68. The molecule has 0 fully saturated rings. The van der Waals surface area contributed by atoms with Gasteiger partial charge >= 0.3 is 5.97 Å². The molecule has 0 aliphatic carbocycles. The Morgan fingerprint density at radius 2 is 1.89 bits per heavy atom. The molecule has 2 N–H and O–H groups in total. The summed E-state index contributed by atoms with van der Waals surface area (Å²) in [6.07, 6.45) is -1.05. The van der Waals surface area contributed by atoms with Crippen LogP contribution in [0.5, 0.6) is 0 Å². The van der Waals surface area contributed by atoms with Gasteiger partial charge in [0.25, 0.3) is 0 Å². The average Bonchev–Trinajstić information content (AvgIpc) is 2.37. The Morgan fingerprint density at radius 1 is 1.22 bits per heavy atom. The molecule has 0 saturated heterocycles. The van der Waals surface area contributed by atoms with Gasteiger partial charge in [-0.05, 0) is 18.9 Å². The van der Waals surface area contributed by atoms with E-state index in [9.17, 15) is 15.0 Å². The predicted octanol–water partition coefficient (Wildman–Crippen LogP) is 1.29. The van der Waals surface area contributed by atoms with Gasteiger partial charge in [0.2, 0.25) is 0 Å². The third kappa shape index (κ3) is 5.29. The zero-order valence-corrected chi connectivity index (χ0v) is 10.6. The normalized spacial score (nSPS) is 13.9. The van der Waals surface area contributed by atoms with Crippen molar-refractivity contribution in [3.63, 3.8) is 0 Å². The van der Waals surface area contributed by atoms with E-state index < -0.39 is 12.2 Å². The van der Waals surface area contributed by atoms with Crippen LogP contribution >= 0.6 is 0 Å². The van der Waals surface area contributed by atoms with Crippen molar-refractivity contribution < 1.29 is 19.7 Å². The van der Waals surface area contributed by atoms with Crippen LogP contribution in [0.15, 0.2) is 30.3 Å². The van der Waals surface area contributed by atoms with Gasteiger partial charge in [0.15, 0.2) is 0 Å². The van der Waals surface area contributed by atoms with Gasteiger partial charge in [0, 0.05) is 12.8 Å². The zero-order valence-electron chi connectivity index (χ0n) is 10.6. The van der Waals surface area contributed by atoms with E-state index >= 15 is 0 Å². The van der Waals surface area contributed by atoms with Crippen LogP contribution < -0.4 is 0 Å². The summed E-state index contributed by atoms with van der Waals surface area (Å²) < 4.78 is 4.76. The second kappa shape index (κ2) is 7.84. The summed E-state index contributed by atoms with van der Waals surface area (Å²) in [5.41, 5.74) is 0.959. The molecule has 0 radical (unpaired) electrons. The first-order valence-electron chi connectivity index (χ1n) is 6.19. The number of esters is 1. The van der Waals surface area contributed by atoms with E-state index in [1.54, 1.807) is 6.92 Å². The fraction of sp³-hybridized carbons (Fsp3) is 0.500. The molecule has 0 unspecified atom stereocenters. The minimum Gasteiger partial charge on any atom is -0.466 e. The standard InChI is InChI=1S/C14H20O4/c1-2-18-14(17)9-8-12(15)13(16)10-11-6-4-3-5-7-11/h3-7,12-13,15-16H,2,8-10H2,1H3/t12-,13-/m1/s1. The molecule has 0 aromatic heterocycles. The number of rotatable bonds is 7. The quantitative estimate of drug-likeness (QED) is 0.718. The lowest BCUT2D eigenvalue weighted by atomic mass is 10.0. The average molecular weight is 252 g/mol. The first-order valence-corrected chi connectivity index (χ1v) is 6.19. The molecule has 0 saturated carbocycles. The molecule has 1 aromatic rings. The molecule has 2 atom stereocenters. The topological polar surface area (TPSA) is 66.8 Å². The highest BCUT2D eigenvalue weighted by atomic mass is 16.5. The highest BCUT2D eigenvalue weighted by Gasteiger charge is 2.18. The van der Waals surface area contributed by atoms with E-state index in [2.05, 4.69) is 0 Å². The number of aliphatic hydroxyl groups excluding tert-OH is 2. The number of benzene rings is 1. The molecule has 100 valence electrons. The van der Waals surface area contributed by atoms with Gasteiger partial charge in [-0.2, -0.15) is 0 Å². The first-order chi connectivity index (χ1) is 8.63. The van der Waals surface area contributed by atoms with Crippen molar-refractivity contribution in [1.29, 1.82) is 0 Å². The van der Waals surface area contributed by atoms with Crippen LogP contribution in [-0.2, 0) is 16.0 Å². The fourth-order valence-corrected chi connectivity index (χ4v) is 1.68. The van der Waals surface area contributed by atoms with Crippen molar-refractivity contribution >= 4 is 5.97 Å². The molecule has 1 rings (SSSR count). The maximum atomic E-state index is 11.1. The zero-order chi connectivity index (χ0) is 13.4. The van der Waals surface area contributed by atoms with Crippen molar-refractivity contribution in [2.45, 2.75) is 38.4 Å². The molecule has 0 amide bonds. The van der Waals surface area contributed by atoms with Gasteiger partial charge in [-0.15, -0.1) is 0 Å². The number of aliphatic hydroxyl groups is 2. The van der Waals surface area contributed by atoms with Crippen LogP contribution in [0.3, 0.4) is 0 Å². The number of carbonyl (C=O) groups excluding carboxylic acids is 1. The van der Waals surface area contributed by atoms with Gasteiger partial charge in [0.1, 0.15) is 0 Å². The van der Waals surface area contributed by atoms with Crippen LogP contribution in [0.25, 0.3) is 0 Å².